The molecule has 7 rings (SSSR count). The number of fused-ring (bicyclic) bond motifs is 1. The van der Waals surface area contributed by atoms with E-state index in [1.54, 1.807) is 17.8 Å². The second-order valence-electron chi connectivity index (χ2n) is 13.1. The van der Waals surface area contributed by atoms with Gasteiger partial charge in [-0.1, -0.05) is 121 Å². The van der Waals surface area contributed by atoms with Crippen LogP contribution in [0.5, 0.6) is 0 Å². The second-order valence-corrected chi connectivity index (χ2v) is 13.1. The van der Waals surface area contributed by atoms with Crippen molar-refractivity contribution in [2.24, 2.45) is 0 Å². The van der Waals surface area contributed by atoms with E-state index in [0.29, 0.717) is 17.8 Å². The quantitative estimate of drug-likeness (QED) is 0.139. The molecule has 4 aromatic carbocycles. The molecule has 11 nitrogen and oxygen atoms in total. The molecule has 0 aliphatic carbocycles. The van der Waals surface area contributed by atoms with Crippen molar-refractivity contribution >= 4 is 17.0 Å². The number of nitrogens with two attached hydrogens (primary N) is 1. The summed E-state index contributed by atoms with van der Waals surface area (Å²) in [6.45, 7) is 2.82. The van der Waals surface area contributed by atoms with Gasteiger partial charge < -0.3 is 34.5 Å². The highest BCUT2D eigenvalue weighted by molar-refractivity contribution is 5.81. The predicted octanol–water partition coefficient (Wildman–Crippen LogP) is 6.03. The Balaban J connectivity index is 1.32. The van der Waals surface area contributed by atoms with Crippen LogP contribution < -0.4 is 5.73 Å². The fraction of sp³-hybridized carbons (Fsp3) is 0.293. The lowest BCUT2D eigenvalue weighted by molar-refractivity contribution is -0.219. The summed E-state index contributed by atoms with van der Waals surface area (Å²) in [7, 11) is 0. The van der Waals surface area contributed by atoms with Crippen molar-refractivity contribution in [3.63, 3.8) is 0 Å². The van der Waals surface area contributed by atoms with E-state index in [1.165, 1.54) is 6.33 Å². The van der Waals surface area contributed by atoms with Crippen LogP contribution in [0.15, 0.2) is 134 Å². The molecule has 0 bridgehead atoms. The molecule has 2 aromatic heterocycles. The monoisotopic (exact) mass is 701 g/mol. The maximum atomic E-state index is 12.9. The molecular weight excluding hydrogens is 658 g/mol. The molecule has 1 fully saturated rings. The Bertz CT molecular complexity index is 1980. The van der Waals surface area contributed by atoms with Crippen LogP contribution in [0, 0.1) is 0 Å². The first-order valence-corrected chi connectivity index (χ1v) is 17.4. The molecule has 268 valence electrons. The van der Waals surface area contributed by atoms with E-state index in [2.05, 4.69) is 15.0 Å². The number of ether oxygens (including phenoxy) is 5. The number of aromatic nitrogens is 4. The zero-order valence-corrected chi connectivity index (χ0v) is 29.0. The Morgan fingerprint density at radius 3 is 1.73 bits per heavy atom. The Kier molecular flexibility index (Phi) is 11.3. The minimum atomic E-state index is -1.74. The molecule has 1 aliphatic heterocycles. The second kappa shape index (κ2) is 16.6. The zero-order chi connectivity index (χ0) is 35.8. The number of benzene rings is 4. The van der Waals surface area contributed by atoms with E-state index in [4.69, 9.17) is 29.4 Å². The average molecular weight is 702 g/mol. The lowest BCUT2D eigenvalue weighted by Gasteiger charge is -2.40. The minimum absolute atomic E-state index is 0.112. The Morgan fingerprint density at radius 2 is 1.17 bits per heavy atom. The third-order valence-electron chi connectivity index (χ3n) is 9.24. The Hall–Kier alpha value is -5.01. The summed E-state index contributed by atoms with van der Waals surface area (Å²) in [4.78, 5) is 13.1. The van der Waals surface area contributed by atoms with Gasteiger partial charge in [-0.2, -0.15) is 0 Å². The number of nitrogens with zero attached hydrogens (tertiary/aromatic N) is 4. The first kappa shape index (κ1) is 35.4. The highest BCUT2D eigenvalue weighted by atomic mass is 16.6. The number of anilines is 1. The van der Waals surface area contributed by atoms with Crippen LogP contribution in [-0.2, 0) is 50.1 Å². The first-order valence-electron chi connectivity index (χ1n) is 17.4. The minimum Gasteiger partial charge on any atom is -0.383 e. The summed E-state index contributed by atoms with van der Waals surface area (Å²) in [6.07, 6.45) is -1.53. The number of imidazole rings is 1. The van der Waals surface area contributed by atoms with Gasteiger partial charge in [-0.25, -0.2) is 15.0 Å². The summed E-state index contributed by atoms with van der Waals surface area (Å²) in [5, 5.41) is 12.9. The van der Waals surface area contributed by atoms with Gasteiger partial charge in [0.15, 0.2) is 17.7 Å². The molecule has 0 radical (unpaired) electrons. The standard InChI is InChI=1S/C41H43N5O6/c1-41(47)37(51-25-32-20-12-5-13-21-32)36(50-24-31-18-10-4-11-19-31)35(49-23-30-16-8-3-9-17-30)33(26-48-22-29-14-6-2-7-15-29)52-40(41)46-28-45-34-38(42)43-27-44-39(34)46/h2-21,27-28,33,35-37,40,47H,22-26H2,1H3,(H2,42,43,44)/t33-,35+,36+,37-,40-,41-/m1/s1. The van der Waals surface area contributed by atoms with E-state index in [1.807, 2.05) is 121 Å². The molecule has 6 aromatic rings. The van der Waals surface area contributed by atoms with Crippen LogP contribution in [-0.4, -0.2) is 61.2 Å². The molecule has 3 N–H and O–H groups in total. The van der Waals surface area contributed by atoms with Crippen LogP contribution in [0.25, 0.3) is 11.2 Å². The molecule has 0 spiro atoms. The van der Waals surface area contributed by atoms with Crippen molar-refractivity contribution in [1.82, 2.24) is 19.5 Å². The van der Waals surface area contributed by atoms with E-state index in [0.717, 1.165) is 22.3 Å². The number of rotatable bonds is 14. The summed E-state index contributed by atoms with van der Waals surface area (Å²) >= 11 is 0. The van der Waals surface area contributed by atoms with Crippen molar-refractivity contribution in [2.45, 2.75) is 69.6 Å². The van der Waals surface area contributed by atoms with Gasteiger partial charge in [-0.3, -0.25) is 4.57 Å². The lowest BCUT2D eigenvalue weighted by atomic mass is 9.89. The van der Waals surface area contributed by atoms with Crippen LogP contribution in [0.4, 0.5) is 5.82 Å². The molecule has 1 aliphatic rings. The van der Waals surface area contributed by atoms with Crippen molar-refractivity contribution in [1.29, 1.82) is 0 Å². The summed E-state index contributed by atoms with van der Waals surface area (Å²) in [6, 6.07) is 39.5. The molecule has 11 heteroatoms. The van der Waals surface area contributed by atoms with E-state index in [9.17, 15) is 5.11 Å². The van der Waals surface area contributed by atoms with E-state index < -0.39 is 36.2 Å². The van der Waals surface area contributed by atoms with Crippen molar-refractivity contribution in [3.8, 4) is 0 Å². The topological polar surface area (TPSA) is 136 Å². The molecule has 1 saturated heterocycles. The largest absolute Gasteiger partial charge is 0.383 e. The van der Waals surface area contributed by atoms with Crippen molar-refractivity contribution in [3.05, 3.63) is 156 Å². The van der Waals surface area contributed by atoms with Gasteiger partial charge in [0, 0.05) is 0 Å². The normalized spacial score (nSPS) is 23.4. The number of hydrogen-bond donors (Lipinski definition) is 2. The van der Waals surface area contributed by atoms with Gasteiger partial charge >= 0.3 is 0 Å². The molecule has 0 unspecified atom stereocenters. The molecule has 52 heavy (non-hydrogen) atoms. The predicted molar refractivity (Wildman–Crippen MR) is 195 cm³/mol. The van der Waals surface area contributed by atoms with Crippen molar-refractivity contribution < 1.29 is 28.8 Å². The molecular formula is C41H43N5O6. The van der Waals surface area contributed by atoms with Crippen molar-refractivity contribution in [2.75, 3.05) is 12.3 Å². The fourth-order valence-corrected chi connectivity index (χ4v) is 6.57. The van der Waals surface area contributed by atoms with E-state index in [-0.39, 0.29) is 32.2 Å². The fourth-order valence-electron chi connectivity index (χ4n) is 6.57. The Morgan fingerprint density at radius 1 is 0.673 bits per heavy atom. The molecule has 0 amide bonds. The molecule has 6 atom stereocenters. The van der Waals surface area contributed by atoms with Crippen LogP contribution in [0.3, 0.4) is 0 Å². The number of nitrogen functional groups attached to an aromatic ring is 1. The van der Waals surface area contributed by atoms with Gasteiger partial charge in [0.05, 0.1) is 39.4 Å². The average Bonchev–Trinajstić information content (AvgIpc) is 3.58. The van der Waals surface area contributed by atoms with Gasteiger partial charge in [0.2, 0.25) is 0 Å². The third-order valence-corrected chi connectivity index (χ3v) is 9.24. The summed E-state index contributed by atoms with van der Waals surface area (Å²) in [5.74, 6) is 0.213. The van der Waals surface area contributed by atoms with Gasteiger partial charge in [-0.05, 0) is 29.2 Å². The molecule has 0 saturated carbocycles. The first-order chi connectivity index (χ1) is 25.5. The van der Waals surface area contributed by atoms with Crippen LogP contribution >= 0.6 is 0 Å². The number of hydrogen-bond acceptors (Lipinski definition) is 10. The molecule has 3 heterocycles. The third kappa shape index (κ3) is 8.21. The smallest absolute Gasteiger partial charge is 0.168 e. The Labute approximate surface area is 302 Å². The SMILES string of the molecule is C[C@@]1(O)[C@H](OCc2ccccc2)[C@@H](OCc2ccccc2)[C@@H](OCc2ccccc2)[C@@H](COCc2ccccc2)O[C@H]1n1cnc2c(N)ncnc21. The number of aliphatic hydroxyl groups is 1. The van der Waals surface area contributed by atoms with Gasteiger partial charge in [0.25, 0.3) is 0 Å². The summed E-state index contributed by atoms with van der Waals surface area (Å²) < 4.78 is 35.4. The maximum Gasteiger partial charge on any atom is 0.168 e. The van der Waals surface area contributed by atoms with Crippen LogP contribution in [0.1, 0.15) is 35.4 Å². The van der Waals surface area contributed by atoms with Gasteiger partial charge in [-0.15, -0.1) is 0 Å². The highest BCUT2D eigenvalue weighted by Gasteiger charge is 2.56. The highest BCUT2D eigenvalue weighted by Crippen LogP contribution is 2.41. The summed E-state index contributed by atoms with van der Waals surface area (Å²) in [5.41, 5.74) is 9.11. The zero-order valence-electron chi connectivity index (χ0n) is 29.0. The van der Waals surface area contributed by atoms with E-state index >= 15 is 0 Å². The van der Waals surface area contributed by atoms with Gasteiger partial charge in [0.1, 0.15) is 41.9 Å². The van der Waals surface area contributed by atoms with Crippen LogP contribution in [0.2, 0.25) is 0 Å². The lowest BCUT2D eigenvalue weighted by Crippen LogP contribution is -2.56. The maximum absolute atomic E-state index is 12.9.